The van der Waals surface area contributed by atoms with Crippen molar-refractivity contribution in [3.63, 3.8) is 0 Å². The smallest absolute Gasteiger partial charge is 0.0945 e. The molecule has 0 saturated heterocycles. The lowest BCUT2D eigenvalue weighted by Crippen LogP contribution is -2.38. The van der Waals surface area contributed by atoms with Gasteiger partial charge in [0.2, 0.25) is 0 Å². The molecule has 1 aromatic heterocycles. The lowest BCUT2D eigenvalue weighted by atomic mass is 10.0. The standard InChI is InChI=1S/C13H26N4/c1-11(2)6-12(16(3)4)7-14-8-13-9-15-10-17(13)5/h9-12,14H,6-8H2,1-5H3. The molecule has 4 heteroatoms. The van der Waals surface area contributed by atoms with Gasteiger partial charge in [-0.15, -0.1) is 0 Å². The van der Waals surface area contributed by atoms with Crippen molar-refractivity contribution in [2.24, 2.45) is 13.0 Å². The van der Waals surface area contributed by atoms with Gasteiger partial charge in [0.05, 0.1) is 12.0 Å². The van der Waals surface area contributed by atoms with Crippen molar-refractivity contribution in [2.45, 2.75) is 32.9 Å². The summed E-state index contributed by atoms with van der Waals surface area (Å²) >= 11 is 0. The van der Waals surface area contributed by atoms with Crippen LogP contribution >= 0.6 is 0 Å². The maximum absolute atomic E-state index is 4.12. The first-order chi connectivity index (χ1) is 8.00. The second kappa shape index (κ2) is 6.77. The first-order valence-corrected chi connectivity index (χ1v) is 6.33. The Morgan fingerprint density at radius 3 is 2.59 bits per heavy atom. The number of imidazole rings is 1. The summed E-state index contributed by atoms with van der Waals surface area (Å²) in [7, 11) is 6.33. The second-order valence-electron chi connectivity index (χ2n) is 5.37. The van der Waals surface area contributed by atoms with E-state index in [4.69, 9.17) is 0 Å². The van der Waals surface area contributed by atoms with Gasteiger partial charge in [-0.3, -0.25) is 0 Å². The minimum atomic E-state index is 0.600. The molecule has 0 aliphatic carbocycles. The number of nitrogens with zero attached hydrogens (tertiary/aromatic N) is 3. The molecule has 17 heavy (non-hydrogen) atoms. The largest absolute Gasteiger partial charge is 0.337 e. The molecule has 0 bridgehead atoms. The summed E-state index contributed by atoms with van der Waals surface area (Å²) in [5.74, 6) is 0.737. The highest BCUT2D eigenvalue weighted by molar-refractivity contribution is 4.96. The van der Waals surface area contributed by atoms with Crippen LogP contribution in [-0.4, -0.2) is 41.1 Å². The van der Waals surface area contributed by atoms with Crippen LogP contribution in [-0.2, 0) is 13.6 Å². The maximum atomic E-state index is 4.12. The van der Waals surface area contributed by atoms with Gasteiger partial charge in [-0.1, -0.05) is 13.8 Å². The zero-order chi connectivity index (χ0) is 12.8. The topological polar surface area (TPSA) is 33.1 Å². The molecule has 0 aliphatic heterocycles. The monoisotopic (exact) mass is 238 g/mol. The number of likely N-dealkylation sites (N-methyl/N-ethyl adjacent to an activating group) is 1. The van der Waals surface area contributed by atoms with E-state index in [0.717, 1.165) is 19.0 Å². The SMILES string of the molecule is CC(C)CC(CNCc1cncn1C)N(C)C. The quantitative estimate of drug-likeness (QED) is 0.781. The van der Waals surface area contributed by atoms with Gasteiger partial charge >= 0.3 is 0 Å². The molecule has 0 aliphatic rings. The highest BCUT2D eigenvalue weighted by Gasteiger charge is 2.12. The summed E-state index contributed by atoms with van der Waals surface area (Å²) in [4.78, 5) is 6.42. The van der Waals surface area contributed by atoms with Gasteiger partial charge in [0, 0.05) is 32.4 Å². The molecule has 4 nitrogen and oxygen atoms in total. The van der Waals surface area contributed by atoms with Gasteiger partial charge in [0.1, 0.15) is 0 Å². The zero-order valence-corrected chi connectivity index (χ0v) is 11.8. The van der Waals surface area contributed by atoms with Crippen LogP contribution in [0.2, 0.25) is 0 Å². The van der Waals surface area contributed by atoms with Crippen LogP contribution in [0.4, 0.5) is 0 Å². The van der Waals surface area contributed by atoms with Crippen LogP contribution in [0.25, 0.3) is 0 Å². The molecule has 1 unspecified atom stereocenters. The van der Waals surface area contributed by atoms with Crippen molar-refractivity contribution in [2.75, 3.05) is 20.6 Å². The Hall–Kier alpha value is -0.870. The van der Waals surface area contributed by atoms with E-state index in [2.05, 4.69) is 47.7 Å². The Morgan fingerprint density at radius 1 is 1.41 bits per heavy atom. The number of hydrogen-bond acceptors (Lipinski definition) is 3. The van der Waals surface area contributed by atoms with E-state index < -0.39 is 0 Å². The summed E-state index contributed by atoms with van der Waals surface area (Å²) in [6, 6.07) is 0.600. The first-order valence-electron chi connectivity index (χ1n) is 6.33. The average Bonchev–Trinajstić information content (AvgIpc) is 2.62. The summed E-state index contributed by atoms with van der Waals surface area (Å²) in [5.41, 5.74) is 1.23. The van der Waals surface area contributed by atoms with Crippen molar-refractivity contribution >= 4 is 0 Å². The first kappa shape index (κ1) is 14.2. The van der Waals surface area contributed by atoms with Gasteiger partial charge in [0.25, 0.3) is 0 Å². The number of nitrogens with one attached hydrogen (secondary N) is 1. The molecule has 1 atom stereocenters. The third-order valence-corrected chi connectivity index (χ3v) is 3.08. The predicted molar refractivity (Wildman–Crippen MR) is 71.8 cm³/mol. The van der Waals surface area contributed by atoms with Gasteiger partial charge in [-0.05, 0) is 26.4 Å². The van der Waals surface area contributed by atoms with E-state index in [1.807, 2.05) is 19.6 Å². The average molecular weight is 238 g/mol. The van der Waals surface area contributed by atoms with E-state index >= 15 is 0 Å². The third kappa shape index (κ3) is 4.88. The van der Waals surface area contributed by atoms with E-state index in [1.165, 1.54) is 12.1 Å². The maximum Gasteiger partial charge on any atom is 0.0945 e. The van der Waals surface area contributed by atoms with Gasteiger partial charge in [-0.2, -0.15) is 0 Å². The lowest BCUT2D eigenvalue weighted by molar-refractivity contribution is 0.246. The molecule has 1 N–H and O–H groups in total. The normalized spacial score (nSPS) is 13.6. The fourth-order valence-corrected chi connectivity index (χ4v) is 1.94. The third-order valence-electron chi connectivity index (χ3n) is 3.08. The number of hydrogen-bond donors (Lipinski definition) is 1. The van der Waals surface area contributed by atoms with Crippen molar-refractivity contribution in [3.05, 3.63) is 18.2 Å². The molecular formula is C13H26N4. The minimum absolute atomic E-state index is 0.600. The molecule has 0 saturated carbocycles. The highest BCUT2D eigenvalue weighted by Crippen LogP contribution is 2.08. The zero-order valence-electron chi connectivity index (χ0n) is 11.8. The fraction of sp³-hybridized carbons (Fsp3) is 0.769. The van der Waals surface area contributed by atoms with Crippen LogP contribution in [0.15, 0.2) is 12.5 Å². The molecule has 0 amide bonds. The van der Waals surface area contributed by atoms with Crippen LogP contribution in [0, 0.1) is 5.92 Å². The van der Waals surface area contributed by atoms with Gasteiger partial charge in [0.15, 0.2) is 0 Å². The molecule has 1 rings (SSSR count). The summed E-state index contributed by atoms with van der Waals surface area (Å²) in [6.07, 6.45) is 4.99. The highest BCUT2D eigenvalue weighted by atomic mass is 15.1. The Morgan fingerprint density at radius 2 is 2.12 bits per heavy atom. The molecular weight excluding hydrogens is 212 g/mol. The minimum Gasteiger partial charge on any atom is -0.337 e. The molecule has 0 aromatic carbocycles. The molecule has 98 valence electrons. The molecule has 0 radical (unpaired) electrons. The Labute approximate surface area is 105 Å². The predicted octanol–water partition coefficient (Wildman–Crippen LogP) is 1.49. The Balaban J connectivity index is 2.34. The second-order valence-corrected chi connectivity index (χ2v) is 5.37. The summed E-state index contributed by atoms with van der Waals surface area (Å²) in [6.45, 7) is 6.46. The molecule has 1 heterocycles. The van der Waals surface area contributed by atoms with E-state index in [9.17, 15) is 0 Å². The summed E-state index contributed by atoms with van der Waals surface area (Å²) in [5, 5.41) is 3.51. The van der Waals surface area contributed by atoms with Gasteiger partial charge < -0.3 is 14.8 Å². The molecule has 1 aromatic rings. The number of aromatic nitrogens is 2. The summed E-state index contributed by atoms with van der Waals surface area (Å²) < 4.78 is 2.06. The van der Waals surface area contributed by atoms with E-state index in [0.29, 0.717) is 6.04 Å². The van der Waals surface area contributed by atoms with Crippen molar-refractivity contribution in [1.82, 2.24) is 19.8 Å². The Bertz CT molecular complexity index is 317. The fourth-order valence-electron chi connectivity index (χ4n) is 1.94. The lowest BCUT2D eigenvalue weighted by Gasteiger charge is -2.26. The molecule has 0 spiro atoms. The van der Waals surface area contributed by atoms with E-state index in [-0.39, 0.29) is 0 Å². The van der Waals surface area contributed by atoms with Crippen molar-refractivity contribution < 1.29 is 0 Å². The number of aryl methyl sites for hydroxylation is 1. The van der Waals surface area contributed by atoms with E-state index in [1.54, 1.807) is 0 Å². The number of rotatable bonds is 7. The molecule has 0 fully saturated rings. The van der Waals surface area contributed by atoms with Crippen LogP contribution in [0.3, 0.4) is 0 Å². The Kier molecular flexibility index (Phi) is 5.65. The van der Waals surface area contributed by atoms with Crippen molar-refractivity contribution in [3.8, 4) is 0 Å². The van der Waals surface area contributed by atoms with Crippen LogP contribution in [0.5, 0.6) is 0 Å². The van der Waals surface area contributed by atoms with Crippen LogP contribution in [0.1, 0.15) is 26.0 Å². The van der Waals surface area contributed by atoms with Crippen molar-refractivity contribution in [1.29, 1.82) is 0 Å². The van der Waals surface area contributed by atoms with Crippen LogP contribution < -0.4 is 5.32 Å². The van der Waals surface area contributed by atoms with Gasteiger partial charge in [-0.25, -0.2) is 4.98 Å².